The van der Waals surface area contributed by atoms with E-state index in [9.17, 15) is 9.59 Å². The number of nitrogens with zero attached hydrogens (tertiary/aromatic N) is 5. The predicted molar refractivity (Wildman–Crippen MR) is 118 cm³/mol. The fraction of sp³-hybridized carbons (Fsp3) is 0.450. The van der Waals surface area contributed by atoms with Crippen LogP contribution in [0.25, 0.3) is 16.2 Å². The molecule has 3 aromatic rings. The topological polar surface area (TPSA) is 125 Å². The molecule has 2 amide bonds. The van der Waals surface area contributed by atoms with Crippen molar-refractivity contribution in [3.8, 4) is 11.4 Å². The number of thiazole rings is 1. The number of anilines is 1. The molecule has 1 atom stereocenters. The second-order valence-corrected chi connectivity index (χ2v) is 8.54. The van der Waals surface area contributed by atoms with Crippen LogP contribution in [-0.2, 0) is 0 Å². The Morgan fingerprint density at radius 1 is 1.32 bits per heavy atom. The lowest BCUT2D eigenvalue weighted by Gasteiger charge is -2.31. The van der Waals surface area contributed by atoms with E-state index in [1.165, 1.54) is 11.3 Å². The zero-order valence-corrected chi connectivity index (χ0v) is 18.2. The van der Waals surface area contributed by atoms with Crippen LogP contribution in [-0.4, -0.2) is 66.8 Å². The number of likely N-dealkylation sites (tertiary alicyclic amines) is 1. The molecule has 11 heteroatoms. The number of carbonyl (C=O) groups is 2. The number of hydrogen-bond donors (Lipinski definition) is 3. The summed E-state index contributed by atoms with van der Waals surface area (Å²) >= 11 is 1.54. The van der Waals surface area contributed by atoms with Crippen LogP contribution < -0.4 is 10.6 Å². The average molecular weight is 444 g/mol. The molecule has 3 N–H and O–H groups in total. The highest BCUT2D eigenvalue weighted by Crippen LogP contribution is 2.27. The van der Waals surface area contributed by atoms with E-state index in [-0.39, 0.29) is 18.0 Å². The second-order valence-electron chi connectivity index (χ2n) is 7.64. The number of hydrogen-bond acceptors (Lipinski definition) is 7. The third-order valence-electron chi connectivity index (χ3n) is 5.43. The number of nitrogens with one attached hydrogen (secondary N) is 2. The van der Waals surface area contributed by atoms with Crippen LogP contribution in [0.15, 0.2) is 23.8 Å². The highest BCUT2D eigenvalue weighted by molar-refractivity contribution is 7.16. The van der Waals surface area contributed by atoms with Crippen molar-refractivity contribution in [2.75, 3.05) is 18.4 Å². The van der Waals surface area contributed by atoms with Gasteiger partial charge in [0, 0.05) is 42.8 Å². The highest BCUT2D eigenvalue weighted by atomic mass is 32.1. The molecule has 1 fully saturated rings. The van der Waals surface area contributed by atoms with Crippen LogP contribution in [0.4, 0.5) is 10.6 Å². The van der Waals surface area contributed by atoms with Gasteiger partial charge in [-0.25, -0.2) is 19.3 Å². The van der Waals surface area contributed by atoms with Crippen molar-refractivity contribution in [2.24, 2.45) is 0 Å². The summed E-state index contributed by atoms with van der Waals surface area (Å²) in [5.74, 6) is 0.872. The van der Waals surface area contributed by atoms with Gasteiger partial charge in [0.15, 0.2) is 5.82 Å². The third-order valence-corrected chi connectivity index (χ3v) is 6.32. The van der Waals surface area contributed by atoms with Gasteiger partial charge in [-0.2, -0.15) is 5.10 Å². The van der Waals surface area contributed by atoms with Crippen LogP contribution >= 0.6 is 11.3 Å². The van der Waals surface area contributed by atoms with Crippen LogP contribution in [0.1, 0.15) is 43.6 Å². The summed E-state index contributed by atoms with van der Waals surface area (Å²) in [6.45, 7) is 5.08. The van der Waals surface area contributed by atoms with Crippen molar-refractivity contribution >= 4 is 34.0 Å². The molecule has 4 heterocycles. The minimum Gasteiger partial charge on any atom is -0.465 e. The van der Waals surface area contributed by atoms with Gasteiger partial charge in [0.2, 0.25) is 0 Å². The summed E-state index contributed by atoms with van der Waals surface area (Å²) in [5.41, 5.74) is 1.09. The fourth-order valence-corrected chi connectivity index (χ4v) is 4.34. The van der Waals surface area contributed by atoms with Crippen LogP contribution in [0, 0.1) is 0 Å². The monoisotopic (exact) mass is 443 g/mol. The van der Waals surface area contributed by atoms with E-state index >= 15 is 0 Å². The number of fused-ring (bicyclic) bond motifs is 1. The summed E-state index contributed by atoms with van der Waals surface area (Å²) in [4.78, 5) is 36.0. The predicted octanol–water partition coefficient (Wildman–Crippen LogP) is 2.94. The molecular formula is C20H25N7O3S. The van der Waals surface area contributed by atoms with Gasteiger partial charge in [0.05, 0.1) is 11.8 Å². The fourth-order valence-electron chi connectivity index (χ4n) is 3.55. The van der Waals surface area contributed by atoms with Crippen molar-refractivity contribution in [1.29, 1.82) is 0 Å². The Morgan fingerprint density at radius 2 is 2.10 bits per heavy atom. The van der Waals surface area contributed by atoms with E-state index in [0.29, 0.717) is 43.3 Å². The Kier molecular flexibility index (Phi) is 6.03. The van der Waals surface area contributed by atoms with E-state index < -0.39 is 6.09 Å². The molecule has 1 aliphatic heterocycles. The molecule has 0 aliphatic carbocycles. The Bertz CT molecular complexity index is 1090. The summed E-state index contributed by atoms with van der Waals surface area (Å²) < 4.78 is 1.76. The first-order valence-electron chi connectivity index (χ1n) is 10.3. The lowest BCUT2D eigenvalue weighted by Crippen LogP contribution is -2.46. The molecule has 1 aliphatic rings. The first-order chi connectivity index (χ1) is 14.9. The molecule has 1 saturated heterocycles. The van der Waals surface area contributed by atoms with E-state index in [1.807, 2.05) is 11.6 Å². The normalized spacial score (nSPS) is 15.7. The largest absolute Gasteiger partial charge is 0.465 e. The van der Waals surface area contributed by atoms with Gasteiger partial charge in [-0.15, -0.1) is 11.3 Å². The maximum Gasteiger partial charge on any atom is 0.404 e. The minimum atomic E-state index is -1.04. The summed E-state index contributed by atoms with van der Waals surface area (Å²) in [6, 6.07) is 1.75. The first-order valence-corrected chi connectivity index (χ1v) is 11.2. The number of amides is 2. The Labute approximate surface area is 183 Å². The molecular weight excluding hydrogens is 418 g/mol. The Balaban J connectivity index is 1.62. The van der Waals surface area contributed by atoms with Crippen LogP contribution in [0.3, 0.4) is 0 Å². The zero-order valence-electron chi connectivity index (χ0n) is 17.4. The van der Waals surface area contributed by atoms with Gasteiger partial charge >= 0.3 is 6.09 Å². The zero-order chi connectivity index (χ0) is 22.0. The van der Waals surface area contributed by atoms with Crippen molar-refractivity contribution < 1.29 is 14.7 Å². The summed E-state index contributed by atoms with van der Waals surface area (Å²) in [7, 11) is 0. The van der Waals surface area contributed by atoms with E-state index in [2.05, 4.69) is 39.5 Å². The number of rotatable bonds is 6. The number of aromatic nitrogens is 4. The molecule has 10 nitrogen and oxygen atoms in total. The van der Waals surface area contributed by atoms with Gasteiger partial charge in [-0.3, -0.25) is 4.79 Å². The first kappa shape index (κ1) is 21.0. The maximum absolute atomic E-state index is 13.2. The standard InChI is InChI=1S/C20H25N7O3S/c1-3-12(2)22-16-10-15(18(28)26-6-4-13(5-7-26)23-20(29)30)24-17(25-16)14-11-21-27-8-9-31-19(14)27/h8-13,23H,3-7H2,1-2H3,(H,29,30)(H,22,24,25). The minimum absolute atomic E-state index is 0.135. The third kappa shape index (κ3) is 4.61. The maximum atomic E-state index is 13.2. The van der Waals surface area contributed by atoms with Gasteiger partial charge in [-0.1, -0.05) is 6.92 Å². The van der Waals surface area contributed by atoms with E-state index in [0.717, 1.165) is 16.8 Å². The van der Waals surface area contributed by atoms with E-state index in [1.54, 1.807) is 21.7 Å². The molecule has 1 unspecified atom stereocenters. The van der Waals surface area contributed by atoms with Gasteiger partial charge in [0.1, 0.15) is 16.3 Å². The molecule has 0 saturated carbocycles. The Morgan fingerprint density at radius 3 is 2.81 bits per heavy atom. The van der Waals surface area contributed by atoms with Gasteiger partial charge < -0.3 is 20.6 Å². The average Bonchev–Trinajstić information content (AvgIpc) is 3.37. The molecule has 0 aromatic carbocycles. The van der Waals surface area contributed by atoms with Crippen molar-refractivity contribution in [3.05, 3.63) is 29.5 Å². The van der Waals surface area contributed by atoms with E-state index in [4.69, 9.17) is 5.11 Å². The number of carboxylic acid groups (broad SMARTS) is 1. The second kappa shape index (κ2) is 8.88. The molecule has 4 rings (SSSR count). The molecule has 164 valence electrons. The van der Waals surface area contributed by atoms with Gasteiger partial charge in [0.25, 0.3) is 5.91 Å². The SMILES string of the molecule is CCC(C)Nc1cc(C(=O)N2CCC(NC(=O)O)CC2)nc(-c2cnn3ccsc23)n1. The highest BCUT2D eigenvalue weighted by Gasteiger charge is 2.26. The molecule has 0 radical (unpaired) electrons. The quantitative estimate of drug-likeness (QED) is 0.535. The molecule has 31 heavy (non-hydrogen) atoms. The van der Waals surface area contributed by atoms with Crippen molar-refractivity contribution in [3.63, 3.8) is 0 Å². The van der Waals surface area contributed by atoms with Gasteiger partial charge in [-0.05, 0) is 26.2 Å². The number of carbonyl (C=O) groups excluding carboxylic acids is 1. The molecule has 0 spiro atoms. The van der Waals surface area contributed by atoms with Crippen molar-refractivity contribution in [1.82, 2.24) is 29.8 Å². The summed E-state index contributed by atoms with van der Waals surface area (Å²) in [5, 5.41) is 21.0. The lowest BCUT2D eigenvalue weighted by atomic mass is 10.0. The van der Waals surface area contributed by atoms with Crippen LogP contribution in [0.2, 0.25) is 0 Å². The Hall–Kier alpha value is -3.21. The molecule has 3 aromatic heterocycles. The molecule has 0 bridgehead atoms. The smallest absolute Gasteiger partial charge is 0.404 e. The number of piperidine rings is 1. The van der Waals surface area contributed by atoms with Crippen LogP contribution in [0.5, 0.6) is 0 Å². The van der Waals surface area contributed by atoms with Crippen molar-refractivity contribution in [2.45, 2.75) is 45.2 Å². The summed E-state index contributed by atoms with van der Waals surface area (Å²) in [6.07, 6.45) is 4.61. The lowest BCUT2D eigenvalue weighted by molar-refractivity contribution is 0.0700.